The fourth-order valence-electron chi connectivity index (χ4n) is 2.33. The Morgan fingerprint density at radius 2 is 1.95 bits per heavy atom. The summed E-state index contributed by atoms with van der Waals surface area (Å²) in [6.45, 7) is 4.75. The van der Waals surface area contributed by atoms with Crippen LogP contribution in [0.1, 0.15) is 37.1 Å². The van der Waals surface area contributed by atoms with E-state index in [2.05, 4.69) is 10.3 Å². The summed E-state index contributed by atoms with van der Waals surface area (Å²) in [6.07, 6.45) is 1.74. The predicted molar refractivity (Wildman–Crippen MR) is 75.4 cm³/mol. The van der Waals surface area contributed by atoms with E-state index >= 15 is 0 Å². The third kappa shape index (κ3) is 3.20. The van der Waals surface area contributed by atoms with E-state index in [0.29, 0.717) is 0 Å². The molecule has 0 saturated heterocycles. The zero-order valence-corrected chi connectivity index (χ0v) is 11.6. The van der Waals surface area contributed by atoms with Gasteiger partial charge in [-0.1, -0.05) is 26.0 Å². The van der Waals surface area contributed by atoms with Gasteiger partial charge in [-0.05, 0) is 36.4 Å². The lowest BCUT2D eigenvalue weighted by atomic mass is 9.91. The van der Waals surface area contributed by atoms with Crippen LogP contribution in [0, 0.1) is 11.6 Å². The van der Waals surface area contributed by atoms with Crippen molar-refractivity contribution < 1.29 is 8.78 Å². The number of halogens is 2. The fraction of sp³-hybridized carbons (Fsp3) is 0.312. The molecule has 106 valence electrons. The van der Waals surface area contributed by atoms with E-state index < -0.39 is 11.6 Å². The Hall–Kier alpha value is -1.81. The predicted octanol–water partition coefficient (Wildman–Crippen LogP) is 3.81. The average molecular weight is 276 g/mol. The van der Waals surface area contributed by atoms with E-state index in [-0.39, 0.29) is 12.0 Å². The third-order valence-electron chi connectivity index (χ3n) is 3.38. The lowest BCUT2D eigenvalue weighted by Crippen LogP contribution is -2.26. The Bertz CT molecular complexity index is 558. The number of benzene rings is 1. The van der Waals surface area contributed by atoms with Gasteiger partial charge < -0.3 is 5.32 Å². The quantitative estimate of drug-likeness (QED) is 0.898. The van der Waals surface area contributed by atoms with E-state index in [0.717, 1.165) is 17.8 Å². The molecule has 2 unspecified atom stereocenters. The van der Waals surface area contributed by atoms with Gasteiger partial charge in [-0.15, -0.1) is 0 Å². The highest BCUT2D eigenvalue weighted by molar-refractivity contribution is 5.25. The number of pyridine rings is 1. The van der Waals surface area contributed by atoms with Gasteiger partial charge >= 0.3 is 0 Å². The molecule has 2 nitrogen and oxygen atoms in total. The lowest BCUT2D eigenvalue weighted by molar-refractivity contribution is 0.461. The van der Waals surface area contributed by atoms with Crippen LogP contribution in [0.25, 0.3) is 0 Å². The van der Waals surface area contributed by atoms with Crippen molar-refractivity contribution in [3.63, 3.8) is 0 Å². The molecule has 20 heavy (non-hydrogen) atoms. The molecule has 1 aromatic carbocycles. The van der Waals surface area contributed by atoms with Crippen LogP contribution in [0.3, 0.4) is 0 Å². The molecule has 1 N–H and O–H groups in total. The molecule has 0 aliphatic carbocycles. The zero-order valence-electron chi connectivity index (χ0n) is 11.6. The van der Waals surface area contributed by atoms with Crippen molar-refractivity contribution >= 4 is 0 Å². The molecule has 0 spiro atoms. The van der Waals surface area contributed by atoms with Crippen molar-refractivity contribution in [1.29, 1.82) is 0 Å². The molecule has 0 saturated carbocycles. The average Bonchev–Trinajstić information content (AvgIpc) is 2.48. The van der Waals surface area contributed by atoms with Gasteiger partial charge in [0.25, 0.3) is 0 Å². The van der Waals surface area contributed by atoms with Gasteiger partial charge in [0.15, 0.2) is 11.6 Å². The Balaban J connectivity index is 2.33. The molecule has 1 heterocycles. The number of nitrogens with one attached hydrogen (secondary N) is 1. The van der Waals surface area contributed by atoms with Crippen molar-refractivity contribution in [3.8, 4) is 0 Å². The normalized spacial score (nSPS) is 14.0. The maximum atomic E-state index is 13.4. The summed E-state index contributed by atoms with van der Waals surface area (Å²) in [6, 6.07) is 9.65. The van der Waals surface area contributed by atoms with E-state index in [1.807, 2.05) is 32.0 Å². The second-order valence-electron chi connectivity index (χ2n) is 4.75. The molecule has 1 aromatic heterocycles. The van der Waals surface area contributed by atoms with Crippen LogP contribution in [-0.4, -0.2) is 11.5 Å². The standard InChI is InChI=1S/C16H18F2N2/c1-3-19-16(11(2)15-6-4-5-9-20-15)12-7-8-13(17)14(18)10-12/h4-11,16,19H,3H2,1-2H3. The van der Waals surface area contributed by atoms with Crippen molar-refractivity contribution in [2.24, 2.45) is 0 Å². The molecule has 2 rings (SSSR count). The van der Waals surface area contributed by atoms with Crippen LogP contribution in [-0.2, 0) is 0 Å². The fourth-order valence-corrected chi connectivity index (χ4v) is 2.33. The second kappa shape index (κ2) is 6.57. The molecule has 4 heteroatoms. The highest BCUT2D eigenvalue weighted by Crippen LogP contribution is 2.30. The first-order chi connectivity index (χ1) is 9.63. The number of hydrogen-bond acceptors (Lipinski definition) is 2. The first-order valence-corrected chi connectivity index (χ1v) is 6.72. The van der Waals surface area contributed by atoms with E-state index in [9.17, 15) is 8.78 Å². The maximum absolute atomic E-state index is 13.4. The molecular formula is C16H18F2N2. The highest BCUT2D eigenvalue weighted by Gasteiger charge is 2.21. The van der Waals surface area contributed by atoms with Crippen molar-refractivity contribution in [2.45, 2.75) is 25.8 Å². The highest BCUT2D eigenvalue weighted by atomic mass is 19.2. The van der Waals surface area contributed by atoms with E-state index in [4.69, 9.17) is 0 Å². The number of likely N-dealkylation sites (N-methyl/N-ethyl adjacent to an activating group) is 1. The van der Waals surface area contributed by atoms with Gasteiger partial charge in [0, 0.05) is 23.9 Å². The first kappa shape index (κ1) is 14.6. The first-order valence-electron chi connectivity index (χ1n) is 6.72. The summed E-state index contributed by atoms with van der Waals surface area (Å²) in [5.74, 6) is -1.59. The van der Waals surface area contributed by atoms with Crippen LogP contribution < -0.4 is 5.32 Å². The number of hydrogen-bond donors (Lipinski definition) is 1. The third-order valence-corrected chi connectivity index (χ3v) is 3.38. The molecule has 0 fully saturated rings. The van der Waals surface area contributed by atoms with Crippen LogP contribution in [0.2, 0.25) is 0 Å². The minimum absolute atomic E-state index is 0.0565. The summed E-state index contributed by atoms with van der Waals surface area (Å²) in [7, 11) is 0. The Kier molecular flexibility index (Phi) is 4.79. The molecule has 0 bridgehead atoms. The Labute approximate surface area is 117 Å². The van der Waals surface area contributed by atoms with Crippen LogP contribution in [0.4, 0.5) is 8.78 Å². The number of rotatable bonds is 5. The summed E-state index contributed by atoms with van der Waals surface area (Å²) >= 11 is 0. The molecular weight excluding hydrogens is 258 g/mol. The SMILES string of the molecule is CCNC(c1ccc(F)c(F)c1)C(C)c1ccccn1. The molecule has 0 radical (unpaired) electrons. The van der Waals surface area contributed by atoms with Crippen molar-refractivity contribution in [1.82, 2.24) is 10.3 Å². The van der Waals surface area contributed by atoms with Gasteiger partial charge in [-0.25, -0.2) is 8.78 Å². The summed E-state index contributed by atoms with van der Waals surface area (Å²) in [5.41, 5.74) is 1.65. The molecule has 0 amide bonds. The summed E-state index contributed by atoms with van der Waals surface area (Å²) in [5, 5.41) is 3.31. The van der Waals surface area contributed by atoms with E-state index in [1.165, 1.54) is 12.1 Å². The number of aromatic nitrogens is 1. The zero-order chi connectivity index (χ0) is 14.5. The van der Waals surface area contributed by atoms with Crippen molar-refractivity contribution in [2.75, 3.05) is 6.54 Å². The summed E-state index contributed by atoms with van der Waals surface area (Å²) < 4.78 is 26.5. The molecule has 2 atom stereocenters. The lowest BCUT2D eigenvalue weighted by Gasteiger charge is -2.25. The van der Waals surface area contributed by atoms with Gasteiger partial charge in [0.1, 0.15) is 0 Å². The van der Waals surface area contributed by atoms with Crippen LogP contribution in [0.15, 0.2) is 42.6 Å². The Morgan fingerprint density at radius 3 is 2.55 bits per heavy atom. The molecule has 0 aliphatic heterocycles. The topological polar surface area (TPSA) is 24.9 Å². The molecule has 2 aromatic rings. The van der Waals surface area contributed by atoms with Crippen LogP contribution in [0.5, 0.6) is 0 Å². The van der Waals surface area contributed by atoms with Gasteiger partial charge in [-0.3, -0.25) is 4.98 Å². The van der Waals surface area contributed by atoms with Gasteiger partial charge in [0.2, 0.25) is 0 Å². The number of nitrogens with zero attached hydrogens (tertiary/aromatic N) is 1. The second-order valence-corrected chi connectivity index (χ2v) is 4.75. The van der Waals surface area contributed by atoms with Gasteiger partial charge in [0.05, 0.1) is 0 Å². The largest absolute Gasteiger partial charge is 0.310 e. The van der Waals surface area contributed by atoms with Gasteiger partial charge in [-0.2, -0.15) is 0 Å². The minimum Gasteiger partial charge on any atom is -0.310 e. The molecule has 0 aliphatic rings. The monoisotopic (exact) mass is 276 g/mol. The van der Waals surface area contributed by atoms with Crippen LogP contribution >= 0.6 is 0 Å². The van der Waals surface area contributed by atoms with Crippen molar-refractivity contribution in [3.05, 3.63) is 65.5 Å². The Morgan fingerprint density at radius 1 is 1.15 bits per heavy atom. The summed E-state index contributed by atoms with van der Waals surface area (Å²) in [4.78, 5) is 4.34. The van der Waals surface area contributed by atoms with E-state index in [1.54, 1.807) is 12.3 Å². The minimum atomic E-state index is -0.825. The maximum Gasteiger partial charge on any atom is 0.159 e. The smallest absolute Gasteiger partial charge is 0.159 e.